The normalized spacial score (nSPS) is 28.0. The van der Waals surface area contributed by atoms with Crippen molar-refractivity contribution in [1.82, 2.24) is 48.4 Å². The standard InChI is InChI=1S/C26H30N2O2S.C25H28N2.C21H27FN2.2C20H25FN2/c1-3-21-16-20-10-13-25(21)27(17-20)15-14-22-18-28(26-7-5-4-6-24(22)26)31(29,30)23-11-8-19(2)9-12-23;1-25(15-19-7-3-2-4-8-19)16-20-11-12-24(25)27(18-20)14-13-21-17-26-23-10-6-5-9-22(21)23;1-3-9-21(2)12-15-4-7-20(21)24(14-15)10-8-16-13-23-19-6-5-17(22)11-18(16)19;1-3-20(2)11-14-4-7-19(20)23(13-14)9-8-15-12-22-18-10-16(21)5-6-17(15)18;1-3-20(2)11-14-7-8-18(20)23(13-14)10-9-15-12-22-19-16(15)5-4-6-17(19)21/h4-13,18,20-21,25H,3,14-17H2,1-2H3;2-12,17,20,24,26H,13-16,18H2,1H3;4-7,11,13,15,20,23H,3,8-10,12,14H2,1-2H3;4-7,10,12,14,19,22H,3,8-9,11,13H2,1-2H3;4-8,12,14,18,22H,3,9-11,13H2,1-2H3. The highest BCUT2D eigenvalue weighted by atomic mass is 32.2. The van der Waals surface area contributed by atoms with E-state index in [2.05, 4.69) is 221 Å². The second-order valence-corrected chi connectivity index (χ2v) is 42.6. The topological polar surface area (TPSA) is 118 Å². The summed E-state index contributed by atoms with van der Waals surface area (Å²) in [5.41, 5.74) is 15.0. The number of nitrogens with zero attached hydrogens (tertiary/aromatic N) is 6. The Morgan fingerprint density at radius 2 is 0.867 bits per heavy atom. The lowest BCUT2D eigenvalue weighted by molar-refractivity contribution is 0.0131. The van der Waals surface area contributed by atoms with Crippen molar-refractivity contribution in [2.45, 2.75) is 200 Å². The van der Waals surface area contributed by atoms with Crippen molar-refractivity contribution in [3.05, 3.63) is 306 Å². The molecular weight excluding hydrogens is 1610 g/mol. The van der Waals surface area contributed by atoms with Gasteiger partial charge in [-0.1, -0.05) is 226 Å². The van der Waals surface area contributed by atoms with Crippen LogP contribution in [0.3, 0.4) is 0 Å². The van der Waals surface area contributed by atoms with Gasteiger partial charge < -0.3 is 19.9 Å². The number of aromatic amines is 4. The molecule has 4 N–H and O–H groups in total. The Hall–Kier alpha value is -9.52. The molecule has 7 aromatic carbocycles. The zero-order valence-electron chi connectivity index (χ0n) is 76.9. The Morgan fingerprint density at radius 3 is 1.45 bits per heavy atom. The molecule has 15 unspecified atom stereocenters. The number of para-hydroxylation sites is 3. The van der Waals surface area contributed by atoms with E-state index in [9.17, 15) is 21.6 Å². The van der Waals surface area contributed by atoms with Crippen molar-refractivity contribution in [3.63, 3.8) is 0 Å². The maximum atomic E-state index is 13.8. The molecular formula is C112H135F3N10O2S. The van der Waals surface area contributed by atoms with E-state index in [1.807, 2.05) is 86.3 Å². The number of aromatic nitrogens is 5. The Kier molecular flexibility index (Phi) is 26.3. The van der Waals surface area contributed by atoms with Gasteiger partial charge in [-0.3, -0.25) is 24.5 Å². The number of aryl methyl sites for hydroxylation is 1. The molecule has 10 bridgehead atoms. The Morgan fingerprint density at radius 1 is 0.406 bits per heavy atom. The summed E-state index contributed by atoms with van der Waals surface area (Å²) in [6, 6.07) is 52.8. The highest BCUT2D eigenvalue weighted by Crippen LogP contribution is 2.51. The van der Waals surface area contributed by atoms with E-state index in [0.717, 1.165) is 127 Å². The molecule has 0 saturated carbocycles. The number of piperidine rings is 5. The predicted molar refractivity (Wildman–Crippen MR) is 522 cm³/mol. The molecule has 12 nitrogen and oxygen atoms in total. The molecule has 0 spiro atoms. The molecule has 5 aromatic heterocycles. The molecule has 10 aliphatic heterocycles. The number of hydrogen-bond donors (Lipinski definition) is 4. The summed E-state index contributed by atoms with van der Waals surface area (Å²) in [5, 5.41) is 5.62. The quantitative estimate of drug-likeness (QED) is 0.0445. The smallest absolute Gasteiger partial charge is 0.268 e. The van der Waals surface area contributed by atoms with Gasteiger partial charge in [-0.15, -0.1) is 0 Å². The van der Waals surface area contributed by atoms with Crippen LogP contribution < -0.4 is 0 Å². The van der Waals surface area contributed by atoms with Gasteiger partial charge in [-0.25, -0.2) is 25.6 Å². The highest BCUT2D eigenvalue weighted by molar-refractivity contribution is 7.90. The molecule has 128 heavy (non-hydrogen) atoms. The summed E-state index contributed by atoms with van der Waals surface area (Å²) in [6.45, 7) is 32.2. The third kappa shape index (κ3) is 18.5. The second-order valence-electron chi connectivity index (χ2n) is 40.8. The molecule has 12 aromatic rings. The van der Waals surface area contributed by atoms with Crippen molar-refractivity contribution in [2.24, 2.45) is 57.2 Å². The van der Waals surface area contributed by atoms with Gasteiger partial charge in [0.2, 0.25) is 0 Å². The Balaban J connectivity index is 0.000000109. The third-order valence-electron chi connectivity index (χ3n) is 32.0. The van der Waals surface area contributed by atoms with Crippen molar-refractivity contribution < 1.29 is 21.6 Å². The van der Waals surface area contributed by atoms with Gasteiger partial charge in [0.25, 0.3) is 10.0 Å². The molecule has 15 heterocycles. The van der Waals surface area contributed by atoms with Crippen LogP contribution in [0.25, 0.3) is 54.5 Å². The minimum atomic E-state index is -3.63. The summed E-state index contributed by atoms with van der Waals surface area (Å²) < 4.78 is 69.0. The summed E-state index contributed by atoms with van der Waals surface area (Å²) in [4.78, 5) is 26.6. The first-order chi connectivity index (χ1) is 62.0. The maximum Gasteiger partial charge on any atom is 0.268 e. The molecule has 16 heteroatoms. The van der Waals surface area contributed by atoms with E-state index in [1.54, 1.807) is 36.4 Å². The summed E-state index contributed by atoms with van der Waals surface area (Å²) in [7, 11) is -3.63. The lowest BCUT2D eigenvalue weighted by Crippen LogP contribution is -2.56. The van der Waals surface area contributed by atoms with E-state index in [1.165, 1.54) is 152 Å². The van der Waals surface area contributed by atoms with E-state index < -0.39 is 10.0 Å². The summed E-state index contributed by atoms with van der Waals surface area (Å²) in [6.07, 6.45) is 53.4. The lowest BCUT2D eigenvalue weighted by Gasteiger charge is -2.53. The number of halogens is 3. The van der Waals surface area contributed by atoms with E-state index >= 15 is 0 Å². The van der Waals surface area contributed by atoms with Crippen LogP contribution in [0.5, 0.6) is 0 Å². The van der Waals surface area contributed by atoms with E-state index in [0.29, 0.717) is 91.9 Å². The number of fused-ring (bicyclic) bond motifs is 15. The monoisotopic (exact) mass is 1740 g/mol. The maximum absolute atomic E-state index is 13.8. The first-order valence-electron chi connectivity index (χ1n) is 48.3. The van der Waals surface area contributed by atoms with Crippen LogP contribution in [0.15, 0.2) is 254 Å². The highest BCUT2D eigenvalue weighted by Gasteiger charge is 2.49. The summed E-state index contributed by atoms with van der Waals surface area (Å²) >= 11 is 0. The molecule has 0 radical (unpaired) electrons. The number of hydrogen-bond acceptors (Lipinski definition) is 7. The Bertz CT molecular complexity index is 6150. The van der Waals surface area contributed by atoms with Crippen molar-refractivity contribution in [1.29, 1.82) is 0 Å². The van der Waals surface area contributed by atoms with E-state index in [-0.39, 0.29) is 17.5 Å². The van der Waals surface area contributed by atoms with Crippen LogP contribution in [0.1, 0.15) is 159 Å². The fraction of sp³-hybridized carbons (Fsp3) is 0.446. The molecule has 15 aliphatic rings. The van der Waals surface area contributed by atoms with E-state index in [4.69, 9.17) is 0 Å². The fourth-order valence-electron chi connectivity index (χ4n) is 25.1. The average Bonchev–Trinajstić information content (AvgIpc) is 1.28. The van der Waals surface area contributed by atoms with Crippen molar-refractivity contribution >= 4 is 64.5 Å². The molecule has 27 rings (SSSR count). The third-order valence-corrected chi connectivity index (χ3v) is 33.7. The zero-order valence-corrected chi connectivity index (χ0v) is 77.8. The van der Waals surface area contributed by atoms with Gasteiger partial charge in [0, 0.05) is 170 Å². The number of rotatable bonds is 24. The first kappa shape index (κ1) is 89.1. The summed E-state index contributed by atoms with van der Waals surface area (Å²) in [5.74, 6) is 3.73. The lowest BCUT2D eigenvalue weighted by atomic mass is 9.64. The molecule has 15 atom stereocenters. The van der Waals surface area contributed by atoms with Crippen molar-refractivity contribution in [2.75, 3.05) is 65.4 Å². The first-order valence-corrected chi connectivity index (χ1v) is 49.8. The minimum Gasteiger partial charge on any atom is -0.361 e. The number of nitrogens with one attached hydrogen (secondary N) is 4. The fourth-order valence-corrected chi connectivity index (χ4v) is 26.5. The minimum absolute atomic E-state index is 0.154. The van der Waals surface area contributed by atoms with Crippen LogP contribution in [-0.4, -0.2) is 152 Å². The number of benzene rings is 7. The van der Waals surface area contributed by atoms with Gasteiger partial charge in [-0.2, -0.15) is 0 Å². The average molecular weight is 1740 g/mol. The van der Waals surface area contributed by atoms with Crippen LogP contribution in [0.2, 0.25) is 0 Å². The van der Waals surface area contributed by atoms with Crippen LogP contribution in [0, 0.1) is 81.5 Å². The molecule has 5 fully saturated rings. The van der Waals surface area contributed by atoms with Crippen LogP contribution in [-0.2, 0) is 48.5 Å². The van der Waals surface area contributed by atoms with Gasteiger partial charge >= 0.3 is 0 Å². The van der Waals surface area contributed by atoms with Gasteiger partial charge in [0.05, 0.1) is 15.9 Å². The molecule has 0 amide bonds. The van der Waals surface area contributed by atoms with Crippen molar-refractivity contribution in [3.8, 4) is 0 Å². The molecule has 5 aliphatic carbocycles. The molecule has 5 saturated heterocycles. The zero-order chi connectivity index (χ0) is 88.6. The predicted octanol–water partition coefficient (Wildman–Crippen LogP) is 24.2. The van der Waals surface area contributed by atoms with Gasteiger partial charge in [0.1, 0.15) is 17.5 Å². The number of H-pyrrole nitrogens is 4. The molecule has 672 valence electrons. The Labute approximate surface area is 758 Å². The van der Waals surface area contributed by atoms with Gasteiger partial charge in [0.15, 0.2) is 0 Å². The SMILES string of the molecule is CC1(Cc2ccccc2)CC2C=CC1N(CCc1c[nH]c3ccccc13)C2.CCC1(C)CC2C=CC1N(CCc1c[nH]c3c(F)cccc13)C2.CCC1(C)CC2C=CC1N(CCc1c[nH]c3cc(F)ccc13)C2.CCC1CC2C=CC1N(CCc1cn(S(=O)(=O)c3ccc(C)cc3)c3ccccc13)C2.CCCC1(C)CC2C=CC1N(CCc1c[nH]c3ccc(F)cc13)C2. The second kappa shape index (κ2) is 37.8. The largest absolute Gasteiger partial charge is 0.361 e. The van der Waals surface area contributed by atoms with Crippen LogP contribution in [0.4, 0.5) is 13.2 Å². The van der Waals surface area contributed by atoms with Gasteiger partial charge in [-0.05, 0) is 254 Å². The van der Waals surface area contributed by atoms with Crippen LogP contribution >= 0.6 is 0 Å².